The van der Waals surface area contributed by atoms with E-state index in [-0.39, 0.29) is 5.70 Å². The van der Waals surface area contributed by atoms with Crippen molar-refractivity contribution >= 4 is 17.3 Å². The number of nitrogens with zero attached hydrogens (tertiary/aromatic N) is 1. The van der Waals surface area contributed by atoms with E-state index in [4.69, 9.17) is 11.6 Å². The van der Waals surface area contributed by atoms with Crippen molar-refractivity contribution < 1.29 is 0 Å². The smallest absolute Gasteiger partial charge is 0.126 e. The molecule has 56 valence electrons. The average molecular weight is 168 g/mol. The molecule has 1 rings (SSSR count). The second-order valence-corrected chi connectivity index (χ2v) is 2.17. The van der Waals surface area contributed by atoms with E-state index in [0.29, 0.717) is 0 Å². The standard InChI is InChI=1S/C8H6ClNO/c9-6-8(10-11)7-4-2-1-3-5-7/h1-6H/b8-6-. The molecule has 11 heavy (non-hydrogen) atoms. The molecule has 2 nitrogen and oxygen atoms in total. The van der Waals surface area contributed by atoms with E-state index in [9.17, 15) is 4.91 Å². The molecular weight excluding hydrogens is 162 g/mol. The van der Waals surface area contributed by atoms with Crippen LogP contribution in [0.15, 0.2) is 41.0 Å². The fourth-order valence-electron chi connectivity index (χ4n) is 0.745. The summed E-state index contributed by atoms with van der Waals surface area (Å²) in [6.07, 6.45) is 0. The molecule has 0 aromatic heterocycles. The first-order chi connectivity index (χ1) is 5.38. The Balaban J connectivity index is 3.01. The lowest BCUT2D eigenvalue weighted by molar-refractivity contribution is 1.49. The van der Waals surface area contributed by atoms with Gasteiger partial charge >= 0.3 is 0 Å². The first-order valence-corrected chi connectivity index (χ1v) is 3.51. The van der Waals surface area contributed by atoms with Gasteiger partial charge in [-0.1, -0.05) is 41.9 Å². The lowest BCUT2D eigenvalue weighted by Crippen LogP contribution is -1.76. The molecule has 1 aromatic carbocycles. The van der Waals surface area contributed by atoms with Gasteiger partial charge in [0.1, 0.15) is 5.70 Å². The van der Waals surface area contributed by atoms with Crippen LogP contribution in [0.4, 0.5) is 0 Å². The van der Waals surface area contributed by atoms with Gasteiger partial charge in [-0.3, -0.25) is 0 Å². The van der Waals surface area contributed by atoms with Crippen LogP contribution >= 0.6 is 11.6 Å². The van der Waals surface area contributed by atoms with Crippen molar-refractivity contribution in [3.63, 3.8) is 0 Å². The van der Waals surface area contributed by atoms with Gasteiger partial charge in [0.2, 0.25) is 0 Å². The monoisotopic (exact) mass is 167 g/mol. The van der Waals surface area contributed by atoms with Gasteiger partial charge < -0.3 is 0 Å². The molecule has 1 aromatic rings. The van der Waals surface area contributed by atoms with E-state index in [1.807, 2.05) is 18.2 Å². The van der Waals surface area contributed by atoms with Gasteiger partial charge in [0, 0.05) is 11.1 Å². The first kappa shape index (κ1) is 7.95. The average Bonchev–Trinajstić information content (AvgIpc) is 2.09. The molecular formula is C8H6ClNO. The van der Waals surface area contributed by atoms with Gasteiger partial charge in [0.05, 0.1) is 0 Å². The maximum absolute atomic E-state index is 10.1. The van der Waals surface area contributed by atoms with Crippen LogP contribution in [0.25, 0.3) is 5.70 Å². The normalized spacial score (nSPS) is 11.2. The fourth-order valence-corrected chi connectivity index (χ4v) is 0.910. The van der Waals surface area contributed by atoms with E-state index in [0.717, 1.165) is 5.56 Å². The van der Waals surface area contributed by atoms with Crippen molar-refractivity contribution in [3.05, 3.63) is 46.3 Å². The molecule has 0 amide bonds. The van der Waals surface area contributed by atoms with E-state index < -0.39 is 0 Å². The Labute approximate surface area is 69.5 Å². The van der Waals surface area contributed by atoms with Crippen LogP contribution in [0.1, 0.15) is 5.56 Å². The summed E-state index contributed by atoms with van der Waals surface area (Å²) in [5.74, 6) is 0. The molecule has 3 heteroatoms. The Morgan fingerprint density at radius 1 is 1.36 bits per heavy atom. The van der Waals surface area contributed by atoms with Crippen molar-refractivity contribution in [3.8, 4) is 0 Å². The van der Waals surface area contributed by atoms with Crippen LogP contribution in [0, 0.1) is 4.91 Å². The van der Waals surface area contributed by atoms with Gasteiger partial charge in [-0.15, -0.1) is 4.91 Å². The highest BCUT2D eigenvalue weighted by molar-refractivity contribution is 6.28. The van der Waals surface area contributed by atoms with Crippen molar-refractivity contribution in [2.45, 2.75) is 0 Å². The fraction of sp³-hybridized carbons (Fsp3) is 0. The van der Waals surface area contributed by atoms with E-state index in [1.165, 1.54) is 5.54 Å². The van der Waals surface area contributed by atoms with Crippen LogP contribution < -0.4 is 0 Å². The Hall–Kier alpha value is -1.15. The summed E-state index contributed by atoms with van der Waals surface area (Å²) in [5, 5.41) is 2.76. The number of rotatable bonds is 2. The minimum Gasteiger partial charge on any atom is -0.145 e. The molecule has 0 heterocycles. The molecule has 0 aliphatic carbocycles. The highest BCUT2D eigenvalue weighted by atomic mass is 35.5. The lowest BCUT2D eigenvalue weighted by atomic mass is 10.2. The zero-order valence-electron chi connectivity index (χ0n) is 5.70. The summed E-state index contributed by atoms with van der Waals surface area (Å²) >= 11 is 5.35. The maximum Gasteiger partial charge on any atom is 0.126 e. The molecule has 0 saturated carbocycles. The van der Waals surface area contributed by atoms with Crippen LogP contribution in [0.3, 0.4) is 0 Å². The molecule has 0 aliphatic rings. The largest absolute Gasteiger partial charge is 0.145 e. The van der Waals surface area contributed by atoms with Gasteiger partial charge in [-0.25, -0.2) is 0 Å². The molecule has 0 radical (unpaired) electrons. The number of hydrogen-bond donors (Lipinski definition) is 0. The minimum absolute atomic E-state index is 0.257. The summed E-state index contributed by atoms with van der Waals surface area (Å²) < 4.78 is 0. The molecule has 0 N–H and O–H groups in total. The van der Waals surface area contributed by atoms with Crippen LogP contribution in [0.2, 0.25) is 0 Å². The third-order valence-corrected chi connectivity index (χ3v) is 1.48. The summed E-state index contributed by atoms with van der Waals surface area (Å²) in [5.41, 5.74) is 2.16. The third kappa shape index (κ3) is 1.88. The van der Waals surface area contributed by atoms with Gasteiger partial charge in [0.15, 0.2) is 0 Å². The van der Waals surface area contributed by atoms with Crippen LogP contribution in [-0.2, 0) is 0 Å². The summed E-state index contributed by atoms with van der Waals surface area (Å²) in [6, 6.07) is 9.05. The zero-order valence-corrected chi connectivity index (χ0v) is 6.45. The van der Waals surface area contributed by atoms with Crippen LogP contribution in [0.5, 0.6) is 0 Å². The number of halogens is 1. The minimum atomic E-state index is 0.257. The van der Waals surface area contributed by atoms with Crippen molar-refractivity contribution in [1.29, 1.82) is 0 Å². The predicted octanol–water partition coefficient (Wildman–Crippen LogP) is 2.99. The summed E-state index contributed by atoms with van der Waals surface area (Å²) in [4.78, 5) is 10.1. The number of nitroso groups, excluding NO2 is 1. The highest BCUT2D eigenvalue weighted by Gasteiger charge is 1.97. The summed E-state index contributed by atoms with van der Waals surface area (Å²) in [6.45, 7) is 0. The summed E-state index contributed by atoms with van der Waals surface area (Å²) in [7, 11) is 0. The lowest BCUT2D eigenvalue weighted by Gasteiger charge is -1.93. The first-order valence-electron chi connectivity index (χ1n) is 3.07. The second-order valence-electron chi connectivity index (χ2n) is 1.95. The van der Waals surface area contributed by atoms with E-state index in [2.05, 4.69) is 5.18 Å². The van der Waals surface area contributed by atoms with Gasteiger partial charge in [-0.05, 0) is 5.18 Å². The van der Waals surface area contributed by atoms with Crippen molar-refractivity contribution in [1.82, 2.24) is 0 Å². The highest BCUT2D eigenvalue weighted by Crippen LogP contribution is 2.15. The third-order valence-electron chi connectivity index (χ3n) is 1.27. The SMILES string of the molecule is O=N/C(=C\Cl)c1ccccc1. The Morgan fingerprint density at radius 2 is 2.00 bits per heavy atom. The molecule has 0 unspecified atom stereocenters. The van der Waals surface area contributed by atoms with E-state index in [1.54, 1.807) is 12.1 Å². The second kappa shape index (κ2) is 3.88. The van der Waals surface area contributed by atoms with E-state index >= 15 is 0 Å². The zero-order chi connectivity index (χ0) is 8.10. The number of hydrogen-bond acceptors (Lipinski definition) is 2. The van der Waals surface area contributed by atoms with Gasteiger partial charge in [0.25, 0.3) is 0 Å². The number of benzene rings is 1. The maximum atomic E-state index is 10.1. The van der Waals surface area contributed by atoms with Gasteiger partial charge in [-0.2, -0.15) is 0 Å². The molecule has 0 saturated heterocycles. The van der Waals surface area contributed by atoms with Crippen LogP contribution in [-0.4, -0.2) is 0 Å². The molecule has 0 atom stereocenters. The Bertz CT molecular complexity index is 269. The topological polar surface area (TPSA) is 29.4 Å². The molecule has 0 fully saturated rings. The Kier molecular flexibility index (Phi) is 2.81. The molecule has 0 bridgehead atoms. The Morgan fingerprint density at radius 3 is 2.45 bits per heavy atom. The quantitative estimate of drug-likeness (QED) is 0.623. The predicted molar refractivity (Wildman–Crippen MR) is 46.1 cm³/mol. The van der Waals surface area contributed by atoms with Crippen molar-refractivity contribution in [2.75, 3.05) is 0 Å². The molecule has 0 spiro atoms. The van der Waals surface area contributed by atoms with Crippen molar-refractivity contribution in [2.24, 2.45) is 5.18 Å². The molecule has 0 aliphatic heterocycles.